The summed E-state index contributed by atoms with van der Waals surface area (Å²) in [5.41, 5.74) is 4.15. The second-order valence-electron chi connectivity index (χ2n) is 6.81. The van der Waals surface area contributed by atoms with E-state index in [0.29, 0.717) is 6.10 Å². The molecule has 3 aromatic rings. The molecular formula is C22H24N2O2. The summed E-state index contributed by atoms with van der Waals surface area (Å²) in [6.45, 7) is 2.02. The van der Waals surface area contributed by atoms with Gasteiger partial charge in [-0.15, -0.1) is 0 Å². The highest BCUT2D eigenvalue weighted by atomic mass is 16.5. The highest BCUT2D eigenvalue weighted by molar-refractivity contribution is 5.66. The fourth-order valence-electron chi connectivity index (χ4n) is 3.59. The Morgan fingerprint density at radius 3 is 2.46 bits per heavy atom. The summed E-state index contributed by atoms with van der Waals surface area (Å²) < 4.78 is 13.8. The van der Waals surface area contributed by atoms with Gasteiger partial charge in [0, 0.05) is 5.56 Å². The van der Waals surface area contributed by atoms with E-state index in [4.69, 9.17) is 9.47 Å². The molecule has 0 unspecified atom stereocenters. The Labute approximate surface area is 154 Å². The molecule has 1 aromatic heterocycles. The van der Waals surface area contributed by atoms with Crippen LogP contribution in [-0.4, -0.2) is 23.0 Å². The van der Waals surface area contributed by atoms with Crippen LogP contribution < -0.4 is 9.47 Å². The zero-order chi connectivity index (χ0) is 17.9. The standard InChI is InChI=1S/C22H24N2O2/c1-16-14-20(24(23-16)18-8-4-3-5-9-18)17-12-13-21(25-2)22(15-17)26-19-10-6-7-11-19/h3-5,8-9,12-15,19H,6-7,10-11H2,1-2H3. The maximum Gasteiger partial charge on any atom is 0.162 e. The van der Waals surface area contributed by atoms with Crippen molar-refractivity contribution >= 4 is 0 Å². The molecule has 134 valence electrons. The van der Waals surface area contributed by atoms with Crippen molar-refractivity contribution in [1.29, 1.82) is 0 Å². The van der Waals surface area contributed by atoms with Gasteiger partial charge in [0.25, 0.3) is 0 Å². The largest absolute Gasteiger partial charge is 0.493 e. The lowest BCUT2D eigenvalue weighted by Gasteiger charge is -2.17. The SMILES string of the molecule is COc1ccc(-c2cc(C)nn2-c2ccccc2)cc1OC1CCCC1. The van der Waals surface area contributed by atoms with E-state index in [1.165, 1.54) is 12.8 Å². The highest BCUT2D eigenvalue weighted by Crippen LogP contribution is 2.36. The molecule has 0 amide bonds. The number of hydrogen-bond donors (Lipinski definition) is 0. The third kappa shape index (κ3) is 3.32. The normalized spacial score (nSPS) is 14.5. The number of aromatic nitrogens is 2. The smallest absolute Gasteiger partial charge is 0.162 e. The third-order valence-corrected chi connectivity index (χ3v) is 4.89. The van der Waals surface area contributed by atoms with E-state index in [1.807, 2.05) is 35.9 Å². The zero-order valence-corrected chi connectivity index (χ0v) is 15.3. The Kier molecular flexibility index (Phi) is 4.65. The number of hydrogen-bond acceptors (Lipinski definition) is 3. The number of methoxy groups -OCH3 is 1. The Morgan fingerprint density at radius 1 is 0.962 bits per heavy atom. The van der Waals surface area contributed by atoms with Crippen LogP contribution in [0.2, 0.25) is 0 Å². The third-order valence-electron chi connectivity index (χ3n) is 4.89. The van der Waals surface area contributed by atoms with E-state index in [0.717, 1.165) is 47.0 Å². The number of rotatable bonds is 5. The maximum atomic E-state index is 6.26. The minimum absolute atomic E-state index is 0.292. The fourth-order valence-corrected chi connectivity index (χ4v) is 3.59. The topological polar surface area (TPSA) is 36.3 Å². The van der Waals surface area contributed by atoms with Crippen molar-refractivity contribution in [2.24, 2.45) is 0 Å². The number of para-hydroxylation sites is 1. The number of benzene rings is 2. The van der Waals surface area contributed by atoms with Crippen LogP contribution in [0.15, 0.2) is 54.6 Å². The lowest BCUT2D eigenvalue weighted by atomic mass is 10.1. The summed E-state index contributed by atoms with van der Waals surface area (Å²) in [7, 11) is 1.69. The van der Waals surface area contributed by atoms with Gasteiger partial charge in [-0.2, -0.15) is 5.10 Å². The average Bonchev–Trinajstić information content (AvgIpc) is 3.32. The summed E-state index contributed by atoms with van der Waals surface area (Å²) >= 11 is 0. The van der Waals surface area contributed by atoms with E-state index in [-0.39, 0.29) is 0 Å². The Bertz CT molecular complexity index is 880. The summed E-state index contributed by atoms with van der Waals surface area (Å²) in [6.07, 6.45) is 5.02. The summed E-state index contributed by atoms with van der Waals surface area (Å²) in [5.74, 6) is 1.60. The molecule has 4 nitrogen and oxygen atoms in total. The molecule has 0 N–H and O–H groups in total. The van der Waals surface area contributed by atoms with Crippen molar-refractivity contribution in [1.82, 2.24) is 9.78 Å². The van der Waals surface area contributed by atoms with Crippen LogP contribution in [0.1, 0.15) is 31.4 Å². The average molecular weight is 348 g/mol. The van der Waals surface area contributed by atoms with Crippen molar-refractivity contribution in [3.8, 4) is 28.4 Å². The van der Waals surface area contributed by atoms with Crippen molar-refractivity contribution in [2.75, 3.05) is 7.11 Å². The number of nitrogens with zero attached hydrogens (tertiary/aromatic N) is 2. The second-order valence-corrected chi connectivity index (χ2v) is 6.81. The summed E-state index contributed by atoms with van der Waals surface area (Å²) in [4.78, 5) is 0. The molecular weight excluding hydrogens is 324 g/mol. The molecule has 1 aliphatic carbocycles. The van der Waals surface area contributed by atoms with Crippen LogP contribution in [0, 0.1) is 6.92 Å². The molecule has 0 bridgehead atoms. The minimum Gasteiger partial charge on any atom is -0.493 e. The van der Waals surface area contributed by atoms with Crippen LogP contribution in [0.4, 0.5) is 0 Å². The highest BCUT2D eigenvalue weighted by Gasteiger charge is 2.19. The predicted octanol–water partition coefficient (Wildman–Crippen LogP) is 5.18. The molecule has 4 rings (SSSR count). The Morgan fingerprint density at radius 2 is 1.73 bits per heavy atom. The molecule has 1 aliphatic rings. The van der Waals surface area contributed by atoms with Gasteiger partial charge in [0.1, 0.15) is 0 Å². The van der Waals surface area contributed by atoms with Gasteiger partial charge in [0.05, 0.1) is 30.3 Å². The van der Waals surface area contributed by atoms with Gasteiger partial charge in [-0.25, -0.2) is 4.68 Å². The summed E-state index contributed by atoms with van der Waals surface area (Å²) in [5, 5.41) is 4.68. The molecule has 1 heterocycles. The molecule has 1 saturated carbocycles. The first-order chi connectivity index (χ1) is 12.7. The van der Waals surface area contributed by atoms with Crippen LogP contribution in [0.3, 0.4) is 0 Å². The molecule has 2 aromatic carbocycles. The first kappa shape index (κ1) is 16.7. The van der Waals surface area contributed by atoms with E-state index in [1.54, 1.807) is 7.11 Å². The second kappa shape index (κ2) is 7.24. The zero-order valence-electron chi connectivity index (χ0n) is 15.3. The Balaban J connectivity index is 1.74. The number of aryl methyl sites for hydroxylation is 1. The Hall–Kier alpha value is -2.75. The van der Waals surface area contributed by atoms with E-state index in [9.17, 15) is 0 Å². The molecule has 0 radical (unpaired) electrons. The van der Waals surface area contributed by atoms with Crippen molar-refractivity contribution < 1.29 is 9.47 Å². The molecule has 0 atom stereocenters. The molecule has 0 spiro atoms. The van der Waals surface area contributed by atoms with Gasteiger partial charge in [0.2, 0.25) is 0 Å². The first-order valence-corrected chi connectivity index (χ1v) is 9.22. The lowest BCUT2D eigenvalue weighted by Crippen LogP contribution is -2.11. The molecule has 26 heavy (non-hydrogen) atoms. The summed E-state index contributed by atoms with van der Waals surface area (Å²) in [6, 6.07) is 18.4. The van der Waals surface area contributed by atoms with Gasteiger partial charge in [-0.3, -0.25) is 0 Å². The van der Waals surface area contributed by atoms with Crippen LogP contribution in [0.25, 0.3) is 16.9 Å². The van der Waals surface area contributed by atoms with Crippen molar-refractivity contribution in [3.05, 3.63) is 60.3 Å². The van der Waals surface area contributed by atoms with Crippen molar-refractivity contribution in [3.63, 3.8) is 0 Å². The van der Waals surface area contributed by atoms with Gasteiger partial charge >= 0.3 is 0 Å². The maximum absolute atomic E-state index is 6.26. The van der Waals surface area contributed by atoms with Gasteiger partial charge in [-0.1, -0.05) is 18.2 Å². The monoisotopic (exact) mass is 348 g/mol. The quantitative estimate of drug-likeness (QED) is 0.637. The van der Waals surface area contributed by atoms with Crippen LogP contribution >= 0.6 is 0 Å². The van der Waals surface area contributed by atoms with Crippen LogP contribution in [0.5, 0.6) is 11.5 Å². The van der Waals surface area contributed by atoms with Gasteiger partial charge < -0.3 is 9.47 Å². The lowest BCUT2D eigenvalue weighted by molar-refractivity contribution is 0.201. The fraction of sp³-hybridized carbons (Fsp3) is 0.318. The van der Waals surface area contributed by atoms with E-state index >= 15 is 0 Å². The van der Waals surface area contributed by atoms with Gasteiger partial charge in [0.15, 0.2) is 11.5 Å². The first-order valence-electron chi connectivity index (χ1n) is 9.22. The van der Waals surface area contributed by atoms with E-state index < -0.39 is 0 Å². The molecule has 0 saturated heterocycles. The predicted molar refractivity (Wildman–Crippen MR) is 103 cm³/mol. The number of ether oxygens (including phenoxy) is 2. The molecule has 0 aliphatic heterocycles. The molecule has 1 fully saturated rings. The molecule has 4 heteroatoms. The van der Waals surface area contributed by atoms with E-state index in [2.05, 4.69) is 35.4 Å². The van der Waals surface area contributed by atoms with Gasteiger partial charge in [-0.05, 0) is 69.0 Å². The minimum atomic E-state index is 0.292. The van der Waals surface area contributed by atoms with Crippen LogP contribution in [-0.2, 0) is 0 Å². The van der Waals surface area contributed by atoms with Crippen molar-refractivity contribution in [2.45, 2.75) is 38.7 Å².